The van der Waals surface area contributed by atoms with Crippen molar-refractivity contribution < 1.29 is 0 Å². The number of hydrogen-bond acceptors (Lipinski definition) is 0. The van der Waals surface area contributed by atoms with Gasteiger partial charge in [-0.15, -0.1) is 0 Å². The second-order valence-corrected chi connectivity index (χ2v) is 11.8. The molecule has 3 aromatic heterocycles. The van der Waals surface area contributed by atoms with Crippen LogP contribution in [0.25, 0.3) is 82.5 Å². The monoisotopic (exact) mass is 573 g/mol. The van der Waals surface area contributed by atoms with Crippen LogP contribution in [0, 0.1) is 0 Å². The van der Waals surface area contributed by atoms with E-state index in [0.717, 1.165) is 11.4 Å². The molecule has 0 amide bonds. The van der Waals surface area contributed by atoms with Crippen LogP contribution >= 0.6 is 0 Å². The van der Waals surface area contributed by atoms with Crippen molar-refractivity contribution in [3.05, 3.63) is 164 Å². The highest BCUT2D eigenvalue weighted by molar-refractivity contribution is 6.16. The molecule has 0 bridgehead atoms. The van der Waals surface area contributed by atoms with E-state index in [-0.39, 0.29) is 0 Å². The van der Waals surface area contributed by atoms with Gasteiger partial charge in [-0.2, -0.15) is 0 Å². The molecule has 0 radical (unpaired) electrons. The van der Waals surface area contributed by atoms with Crippen LogP contribution < -0.4 is 0 Å². The molecule has 0 unspecified atom stereocenters. The van der Waals surface area contributed by atoms with E-state index >= 15 is 0 Å². The third-order valence-electron chi connectivity index (χ3n) is 9.42. The molecule has 0 N–H and O–H groups in total. The summed E-state index contributed by atoms with van der Waals surface area (Å²) in [6.07, 6.45) is 0. The summed E-state index contributed by atoms with van der Waals surface area (Å²) >= 11 is 0. The van der Waals surface area contributed by atoms with Crippen LogP contribution in [0.3, 0.4) is 0 Å². The van der Waals surface area contributed by atoms with Gasteiger partial charge < -0.3 is 13.7 Å². The van der Waals surface area contributed by atoms with E-state index in [2.05, 4.69) is 177 Å². The van der Waals surface area contributed by atoms with Crippen molar-refractivity contribution in [2.24, 2.45) is 0 Å². The lowest BCUT2D eigenvalue weighted by Gasteiger charge is -2.14. The molecule has 0 fully saturated rings. The van der Waals surface area contributed by atoms with Crippen molar-refractivity contribution in [2.45, 2.75) is 0 Å². The normalized spacial score (nSPS) is 12.0. The van der Waals surface area contributed by atoms with Gasteiger partial charge in [0.2, 0.25) is 0 Å². The summed E-state index contributed by atoms with van der Waals surface area (Å²) in [5.41, 5.74) is 10.7. The molecule has 3 heteroatoms. The zero-order valence-electron chi connectivity index (χ0n) is 24.4. The minimum atomic E-state index is 1.15. The molecule has 3 heterocycles. The van der Waals surface area contributed by atoms with E-state index < -0.39 is 0 Å². The van der Waals surface area contributed by atoms with E-state index in [1.807, 2.05) is 0 Å². The van der Waals surface area contributed by atoms with Gasteiger partial charge >= 0.3 is 0 Å². The van der Waals surface area contributed by atoms with Gasteiger partial charge in [0.25, 0.3) is 0 Å². The lowest BCUT2D eigenvalue weighted by molar-refractivity contribution is 1.13. The molecule has 7 aromatic carbocycles. The van der Waals surface area contributed by atoms with Crippen molar-refractivity contribution >= 4 is 65.4 Å². The van der Waals surface area contributed by atoms with E-state index in [9.17, 15) is 0 Å². The Hall–Kier alpha value is -6.06. The Labute approximate surface area is 259 Å². The van der Waals surface area contributed by atoms with Crippen LogP contribution in [0.15, 0.2) is 164 Å². The fourth-order valence-electron chi connectivity index (χ4n) is 7.59. The number of benzene rings is 7. The molecule has 45 heavy (non-hydrogen) atoms. The average molecular weight is 574 g/mol. The van der Waals surface area contributed by atoms with Crippen LogP contribution in [0.2, 0.25) is 0 Å². The Bertz CT molecular complexity index is 2650. The summed E-state index contributed by atoms with van der Waals surface area (Å²) in [6, 6.07) is 59.4. The lowest BCUT2D eigenvalue weighted by Crippen LogP contribution is -2.00. The maximum atomic E-state index is 2.44. The predicted octanol–water partition coefficient (Wildman–Crippen LogP) is 11.0. The molecule has 210 valence electrons. The summed E-state index contributed by atoms with van der Waals surface area (Å²) in [6.45, 7) is 0. The Balaban J connectivity index is 1.35. The van der Waals surface area contributed by atoms with Gasteiger partial charge in [-0.25, -0.2) is 0 Å². The maximum Gasteiger partial charge on any atom is 0.0782 e. The Morgan fingerprint density at radius 3 is 1.31 bits per heavy atom. The van der Waals surface area contributed by atoms with E-state index in [4.69, 9.17) is 0 Å². The smallest absolute Gasteiger partial charge is 0.0782 e. The zero-order chi connectivity index (χ0) is 29.5. The first-order valence-corrected chi connectivity index (χ1v) is 15.5. The van der Waals surface area contributed by atoms with Gasteiger partial charge in [-0.1, -0.05) is 103 Å². The number of para-hydroxylation sites is 6. The Kier molecular flexibility index (Phi) is 5.00. The minimum absolute atomic E-state index is 1.15. The van der Waals surface area contributed by atoms with E-state index in [1.54, 1.807) is 0 Å². The summed E-state index contributed by atoms with van der Waals surface area (Å²) in [5.74, 6) is 0. The summed E-state index contributed by atoms with van der Waals surface area (Å²) < 4.78 is 7.30. The van der Waals surface area contributed by atoms with Gasteiger partial charge in [0, 0.05) is 43.7 Å². The molecule has 0 saturated heterocycles. The van der Waals surface area contributed by atoms with Gasteiger partial charge in [0.1, 0.15) is 0 Å². The van der Waals surface area contributed by atoms with Crippen molar-refractivity contribution in [3.8, 4) is 17.1 Å². The van der Waals surface area contributed by atoms with Crippen LogP contribution in [-0.4, -0.2) is 13.7 Å². The summed E-state index contributed by atoms with van der Waals surface area (Å²) in [5, 5.41) is 7.54. The highest BCUT2D eigenvalue weighted by Gasteiger charge is 2.21. The Morgan fingerprint density at radius 1 is 0.267 bits per heavy atom. The number of fused-ring (bicyclic) bond motifs is 9. The van der Waals surface area contributed by atoms with Gasteiger partial charge in [0.05, 0.1) is 38.8 Å². The number of rotatable bonds is 3. The molecule has 0 atom stereocenters. The topological polar surface area (TPSA) is 14.8 Å². The standard InChI is InChI=1S/C42H27N3/c1-2-13-28(14-3-1)44-40-26-25-29(43-36-20-8-4-15-30(36)31-16-5-9-21-37(31)43)27-35(40)34-19-12-24-41(42(34)44)45-38-22-10-6-17-32(38)33-18-7-11-23-39(33)45/h1-27H. The van der Waals surface area contributed by atoms with Crippen molar-refractivity contribution in [1.29, 1.82) is 0 Å². The fourth-order valence-corrected chi connectivity index (χ4v) is 7.59. The van der Waals surface area contributed by atoms with Crippen LogP contribution in [0.1, 0.15) is 0 Å². The molecule has 10 aromatic rings. The third-order valence-corrected chi connectivity index (χ3v) is 9.42. The lowest BCUT2D eigenvalue weighted by atomic mass is 10.1. The first-order chi connectivity index (χ1) is 22.4. The molecular weight excluding hydrogens is 546 g/mol. The third kappa shape index (κ3) is 3.35. The maximum absolute atomic E-state index is 2.44. The van der Waals surface area contributed by atoms with Crippen molar-refractivity contribution in [3.63, 3.8) is 0 Å². The second-order valence-electron chi connectivity index (χ2n) is 11.8. The first kappa shape index (κ1) is 24.4. The quantitative estimate of drug-likeness (QED) is 0.200. The molecule has 0 saturated carbocycles. The van der Waals surface area contributed by atoms with Gasteiger partial charge in [0.15, 0.2) is 0 Å². The Morgan fingerprint density at radius 2 is 0.733 bits per heavy atom. The predicted molar refractivity (Wildman–Crippen MR) is 189 cm³/mol. The van der Waals surface area contributed by atoms with E-state index in [0.29, 0.717) is 0 Å². The van der Waals surface area contributed by atoms with Crippen LogP contribution in [0.4, 0.5) is 0 Å². The molecule has 0 aliphatic rings. The number of aromatic nitrogens is 3. The van der Waals surface area contributed by atoms with Crippen molar-refractivity contribution in [1.82, 2.24) is 13.7 Å². The van der Waals surface area contributed by atoms with Crippen molar-refractivity contribution in [2.75, 3.05) is 0 Å². The fraction of sp³-hybridized carbons (Fsp3) is 0. The zero-order valence-corrected chi connectivity index (χ0v) is 24.4. The van der Waals surface area contributed by atoms with Crippen LogP contribution in [0.5, 0.6) is 0 Å². The van der Waals surface area contributed by atoms with Gasteiger partial charge in [-0.05, 0) is 60.7 Å². The van der Waals surface area contributed by atoms with E-state index in [1.165, 1.54) is 71.1 Å². The summed E-state index contributed by atoms with van der Waals surface area (Å²) in [7, 11) is 0. The largest absolute Gasteiger partial charge is 0.309 e. The first-order valence-electron chi connectivity index (χ1n) is 15.5. The molecule has 3 nitrogen and oxygen atoms in total. The second kappa shape index (κ2) is 9.22. The molecule has 10 rings (SSSR count). The summed E-state index contributed by atoms with van der Waals surface area (Å²) in [4.78, 5) is 0. The molecular formula is C42H27N3. The van der Waals surface area contributed by atoms with Crippen LogP contribution in [-0.2, 0) is 0 Å². The minimum Gasteiger partial charge on any atom is -0.309 e. The molecule has 0 aliphatic heterocycles. The molecule has 0 aliphatic carbocycles. The number of nitrogens with zero attached hydrogens (tertiary/aromatic N) is 3. The number of hydrogen-bond donors (Lipinski definition) is 0. The highest BCUT2D eigenvalue weighted by Crippen LogP contribution is 2.41. The SMILES string of the molecule is c1ccc(-n2c3ccc(-n4c5ccccc5c5ccccc54)cc3c3cccc(-n4c5ccccc5c5ccccc54)c32)cc1. The molecule has 0 spiro atoms. The highest BCUT2D eigenvalue weighted by atomic mass is 15.1. The average Bonchev–Trinajstić information content (AvgIpc) is 3.74. The van der Waals surface area contributed by atoms with Gasteiger partial charge in [-0.3, -0.25) is 0 Å².